The fourth-order valence-corrected chi connectivity index (χ4v) is 1.58. The molecule has 0 amide bonds. The van der Waals surface area contributed by atoms with Crippen LogP contribution in [0.2, 0.25) is 0 Å². The highest BCUT2D eigenvalue weighted by molar-refractivity contribution is 5.70. The second-order valence-electron chi connectivity index (χ2n) is 3.49. The minimum atomic E-state index is -0.688. The third-order valence-electron chi connectivity index (χ3n) is 2.61. The summed E-state index contributed by atoms with van der Waals surface area (Å²) in [6.45, 7) is 2.09. The van der Waals surface area contributed by atoms with Gasteiger partial charge in [0.1, 0.15) is 0 Å². The molecule has 1 aliphatic rings. The maximum absolute atomic E-state index is 10.6. The molecule has 0 spiro atoms. The lowest BCUT2D eigenvalue weighted by Gasteiger charge is -2.29. The van der Waals surface area contributed by atoms with Gasteiger partial charge in [0.2, 0.25) is 0 Å². The predicted molar refractivity (Wildman–Crippen MR) is 42.1 cm³/mol. The molecule has 3 heteroatoms. The molecule has 11 heavy (non-hydrogen) atoms. The predicted octanol–water partition coefficient (Wildman–Crippen LogP) is 0.835. The Bertz CT molecular complexity index is 158. The number of carbonyl (C=O) groups is 1. The highest BCUT2D eigenvalue weighted by Gasteiger charge is 2.28. The number of carboxylic acids is 1. The van der Waals surface area contributed by atoms with Crippen LogP contribution >= 0.6 is 0 Å². The van der Waals surface area contributed by atoms with Crippen molar-refractivity contribution >= 4 is 5.97 Å². The Morgan fingerprint density at radius 3 is 2.64 bits per heavy atom. The van der Waals surface area contributed by atoms with Gasteiger partial charge in [0.25, 0.3) is 0 Å². The van der Waals surface area contributed by atoms with Crippen LogP contribution in [0.15, 0.2) is 0 Å². The molecule has 1 rings (SSSR count). The van der Waals surface area contributed by atoms with Crippen LogP contribution in [0.4, 0.5) is 0 Å². The highest BCUT2D eigenvalue weighted by Crippen LogP contribution is 2.27. The maximum atomic E-state index is 10.6. The molecule has 0 bridgehead atoms. The van der Waals surface area contributed by atoms with Gasteiger partial charge >= 0.3 is 5.97 Å². The lowest BCUT2D eigenvalue weighted by Crippen LogP contribution is -2.37. The fourth-order valence-electron chi connectivity index (χ4n) is 1.58. The van der Waals surface area contributed by atoms with Gasteiger partial charge in [0.15, 0.2) is 0 Å². The Labute approximate surface area is 66.6 Å². The van der Waals surface area contributed by atoms with Crippen LogP contribution in [0.1, 0.15) is 26.2 Å². The first kappa shape index (κ1) is 8.53. The van der Waals surface area contributed by atoms with E-state index in [0.717, 1.165) is 12.8 Å². The minimum Gasteiger partial charge on any atom is -0.481 e. The molecular formula is C8H15NO2. The summed E-state index contributed by atoms with van der Waals surface area (Å²) < 4.78 is 0. The molecule has 1 saturated carbocycles. The first-order valence-electron chi connectivity index (χ1n) is 4.09. The standard InChI is InChI=1S/C8H15NO2/c1-5-2-3-6(8(10)11)4-7(5)9/h5-7H,2-4,9H2,1H3,(H,10,11)/t5-,6-,7-/m1/s1. The number of hydrogen-bond acceptors (Lipinski definition) is 2. The summed E-state index contributed by atoms with van der Waals surface area (Å²) in [5.74, 6) is -0.390. The zero-order valence-corrected chi connectivity index (χ0v) is 6.79. The topological polar surface area (TPSA) is 63.3 Å². The Morgan fingerprint density at radius 2 is 2.18 bits per heavy atom. The summed E-state index contributed by atoms with van der Waals surface area (Å²) in [6, 6.07) is 0.0878. The van der Waals surface area contributed by atoms with Gasteiger partial charge in [-0.1, -0.05) is 6.92 Å². The second kappa shape index (κ2) is 3.22. The van der Waals surface area contributed by atoms with Crippen LogP contribution in [0.5, 0.6) is 0 Å². The summed E-state index contributed by atoms with van der Waals surface area (Å²) in [5.41, 5.74) is 5.74. The van der Waals surface area contributed by atoms with Crippen LogP contribution in [-0.2, 0) is 4.79 Å². The third kappa shape index (κ3) is 1.93. The van der Waals surface area contributed by atoms with Gasteiger partial charge in [0.05, 0.1) is 5.92 Å². The van der Waals surface area contributed by atoms with Gasteiger partial charge in [-0.25, -0.2) is 0 Å². The Balaban J connectivity index is 2.46. The molecular weight excluding hydrogens is 142 g/mol. The molecule has 3 N–H and O–H groups in total. The van der Waals surface area contributed by atoms with Crippen molar-refractivity contribution < 1.29 is 9.90 Å². The summed E-state index contributed by atoms with van der Waals surface area (Å²) in [5, 5.41) is 8.69. The molecule has 3 atom stereocenters. The quantitative estimate of drug-likeness (QED) is 0.592. The summed E-state index contributed by atoms with van der Waals surface area (Å²) in [6.07, 6.45) is 2.40. The van der Waals surface area contributed by atoms with Crippen molar-refractivity contribution in [3.8, 4) is 0 Å². The molecule has 0 aromatic rings. The van der Waals surface area contributed by atoms with Gasteiger partial charge in [-0.3, -0.25) is 4.79 Å². The average Bonchev–Trinajstić information content (AvgIpc) is 1.94. The van der Waals surface area contributed by atoms with E-state index >= 15 is 0 Å². The SMILES string of the molecule is C[C@@H]1CC[C@@H](C(=O)O)C[C@H]1N. The monoisotopic (exact) mass is 157 g/mol. The minimum absolute atomic E-state index is 0.0878. The van der Waals surface area contributed by atoms with Crippen molar-refractivity contribution in [3.63, 3.8) is 0 Å². The van der Waals surface area contributed by atoms with Crippen LogP contribution < -0.4 is 5.73 Å². The Kier molecular flexibility index (Phi) is 2.49. The Morgan fingerprint density at radius 1 is 1.55 bits per heavy atom. The number of aliphatic carboxylic acids is 1. The molecule has 0 radical (unpaired) electrons. The molecule has 0 aliphatic heterocycles. The normalized spacial score (nSPS) is 38.5. The van der Waals surface area contributed by atoms with Gasteiger partial charge in [-0.15, -0.1) is 0 Å². The van der Waals surface area contributed by atoms with E-state index in [1.165, 1.54) is 0 Å². The van der Waals surface area contributed by atoms with E-state index in [9.17, 15) is 4.79 Å². The number of carboxylic acid groups (broad SMARTS) is 1. The van der Waals surface area contributed by atoms with Crippen LogP contribution in [-0.4, -0.2) is 17.1 Å². The molecule has 64 valence electrons. The van der Waals surface area contributed by atoms with Crippen molar-refractivity contribution in [2.75, 3.05) is 0 Å². The fraction of sp³-hybridized carbons (Fsp3) is 0.875. The maximum Gasteiger partial charge on any atom is 0.306 e. The van der Waals surface area contributed by atoms with Gasteiger partial charge < -0.3 is 10.8 Å². The van der Waals surface area contributed by atoms with E-state index in [0.29, 0.717) is 12.3 Å². The lowest BCUT2D eigenvalue weighted by molar-refractivity contribution is -0.143. The van der Waals surface area contributed by atoms with Crippen molar-refractivity contribution in [2.24, 2.45) is 17.6 Å². The average molecular weight is 157 g/mol. The molecule has 1 aliphatic carbocycles. The highest BCUT2D eigenvalue weighted by atomic mass is 16.4. The molecule has 0 aromatic carbocycles. The Hall–Kier alpha value is -0.570. The summed E-state index contributed by atoms with van der Waals surface area (Å²) in [7, 11) is 0. The largest absolute Gasteiger partial charge is 0.481 e. The van der Waals surface area contributed by atoms with E-state index in [1.807, 2.05) is 0 Å². The number of nitrogens with two attached hydrogens (primary N) is 1. The number of rotatable bonds is 1. The molecule has 1 fully saturated rings. The van der Waals surface area contributed by atoms with Gasteiger partial charge in [-0.05, 0) is 25.2 Å². The lowest BCUT2D eigenvalue weighted by atomic mass is 9.80. The third-order valence-corrected chi connectivity index (χ3v) is 2.61. The van der Waals surface area contributed by atoms with Crippen LogP contribution in [0, 0.1) is 11.8 Å². The van der Waals surface area contributed by atoms with Gasteiger partial charge in [0, 0.05) is 6.04 Å². The second-order valence-corrected chi connectivity index (χ2v) is 3.49. The van der Waals surface area contributed by atoms with E-state index in [2.05, 4.69) is 6.92 Å². The van der Waals surface area contributed by atoms with Crippen molar-refractivity contribution in [3.05, 3.63) is 0 Å². The molecule has 0 aromatic heterocycles. The zero-order chi connectivity index (χ0) is 8.43. The molecule has 3 nitrogen and oxygen atoms in total. The summed E-state index contributed by atoms with van der Waals surface area (Å²) in [4.78, 5) is 10.6. The first-order chi connectivity index (χ1) is 5.11. The van der Waals surface area contributed by atoms with E-state index in [4.69, 9.17) is 10.8 Å². The first-order valence-corrected chi connectivity index (χ1v) is 4.09. The van der Waals surface area contributed by atoms with Crippen molar-refractivity contribution in [1.82, 2.24) is 0 Å². The molecule has 0 heterocycles. The van der Waals surface area contributed by atoms with Crippen LogP contribution in [0.3, 0.4) is 0 Å². The summed E-state index contributed by atoms with van der Waals surface area (Å²) >= 11 is 0. The van der Waals surface area contributed by atoms with Crippen molar-refractivity contribution in [1.29, 1.82) is 0 Å². The molecule has 0 unspecified atom stereocenters. The molecule has 0 saturated heterocycles. The van der Waals surface area contributed by atoms with E-state index in [-0.39, 0.29) is 12.0 Å². The zero-order valence-electron chi connectivity index (χ0n) is 6.79. The number of hydrogen-bond donors (Lipinski definition) is 2. The smallest absolute Gasteiger partial charge is 0.306 e. The van der Waals surface area contributed by atoms with Crippen molar-refractivity contribution in [2.45, 2.75) is 32.2 Å². The van der Waals surface area contributed by atoms with Crippen LogP contribution in [0.25, 0.3) is 0 Å². The van der Waals surface area contributed by atoms with E-state index in [1.54, 1.807) is 0 Å². The van der Waals surface area contributed by atoms with E-state index < -0.39 is 5.97 Å². The van der Waals surface area contributed by atoms with Gasteiger partial charge in [-0.2, -0.15) is 0 Å².